The van der Waals surface area contributed by atoms with E-state index >= 15 is 0 Å². The van der Waals surface area contributed by atoms with Crippen LogP contribution >= 0.6 is 0 Å². The average Bonchev–Trinajstić information content (AvgIpc) is 2.35. The van der Waals surface area contributed by atoms with Gasteiger partial charge in [0.05, 0.1) is 6.61 Å². The maximum atomic E-state index is 11.0. The summed E-state index contributed by atoms with van der Waals surface area (Å²) in [7, 11) is 1.64. The van der Waals surface area contributed by atoms with Crippen molar-refractivity contribution < 1.29 is 9.53 Å². The van der Waals surface area contributed by atoms with Crippen molar-refractivity contribution in [1.29, 1.82) is 0 Å². The summed E-state index contributed by atoms with van der Waals surface area (Å²) in [6.07, 6.45) is 2.08. The number of nitrogens with one attached hydrogen (secondary N) is 1. The van der Waals surface area contributed by atoms with Gasteiger partial charge in [-0.1, -0.05) is 12.1 Å². The van der Waals surface area contributed by atoms with E-state index < -0.39 is 0 Å². The maximum absolute atomic E-state index is 11.0. The van der Waals surface area contributed by atoms with Crippen molar-refractivity contribution in [3.05, 3.63) is 29.8 Å². The Kier molecular flexibility index (Phi) is 6.10. The lowest BCUT2D eigenvalue weighted by Gasteiger charge is -2.07. The smallest absolute Gasteiger partial charge is 0.219 e. The molecule has 0 aliphatic rings. The number of amides is 1. The minimum absolute atomic E-state index is 0.0467. The molecule has 0 saturated heterocycles. The summed E-state index contributed by atoms with van der Waals surface area (Å²) < 4.78 is 5.57. The van der Waals surface area contributed by atoms with Crippen LogP contribution in [0.4, 0.5) is 0 Å². The van der Waals surface area contributed by atoms with E-state index in [4.69, 9.17) is 10.5 Å². The van der Waals surface area contributed by atoms with Crippen LogP contribution in [0.2, 0.25) is 0 Å². The second kappa shape index (κ2) is 7.68. The maximum Gasteiger partial charge on any atom is 0.219 e. The SMILES string of the molecule is CNC(=O)CCCOc1cccc(CCN)c1. The fourth-order valence-corrected chi connectivity index (χ4v) is 1.51. The number of ether oxygens (including phenoxy) is 1. The molecule has 0 aliphatic carbocycles. The molecule has 0 atom stereocenters. The number of hydrogen-bond donors (Lipinski definition) is 2. The molecule has 0 fully saturated rings. The van der Waals surface area contributed by atoms with Gasteiger partial charge in [-0.2, -0.15) is 0 Å². The van der Waals surface area contributed by atoms with Crippen LogP contribution in [0.25, 0.3) is 0 Å². The Hall–Kier alpha value is -1.55. The van der Waals surface area contributed by atoms with Gasteiger partial charge in [-0.3, -0.25) is 4.79 Å². The van der Waals surface area contributed by atoms with Gasteiger partial charge in [0.2, 0.25) is 5.91 Å². The van der Waals surface area contributed by atoms with Crippen molar-refractivity contribution in [2.75, 3.05) is 20.2 Å². The lowest BCUT2D eigenvalue weighted by molar-refractivity contribution is -0.120. The van der Waals surface area contributed by atoms with Gasteiger partial charge < -0.3 is 15.8 Å². The van der Waals surface area contributed by atoms with Crippen molar-refractivity contribution in [1.82, 2.24) is 5.32 Å². The second-order valence-electron chi connectivity index (χ2n) is 3.81. The molecule has 3 N–H and O–H groups in total. The quantitative estimate of drug-likeness (QED) is 0.697. The summed E-state index contributed by atoms with van der Waals surface area (Å²) in [5, 5.41) is 2.58. The Morgan fingerprint density at radius 1 is 1.47 bits per heavy atom. The van der Waals surface area contributed by atoms with Crippen LogP contribution in [0.3, 0.4) is 0 Å². The minimum Gasteiger partial charge on any atom is -0.494 e. The lowest BCUT2D eigenvalue weighted by Crippen LogP contribution is -2.18. The number of carbonyl (C=O) groups excluding carboxylic acids is 1. The molecule has 0 aromatic heterocycles. The molecule has 4 heteroatoms. The van der Waals surface area contributed by atoms with Crippen molar-refractivity contribution in [3.63, 3.8) is 0 Å². The Morgan fingerprint density at radius 2 is 2.29 bits per heavy atom. The van der Waals surface area contributed by atoms with Crippen molar-refractivity contribution in [2.45, 2.75) is 19.3 Å². The van der Waals surface area contributed by atoms with E-state index in [0.29, 0.717) is 19.6 Å². The van der Waals surface area contributed by atoms with E-state index in [1.54, 1.807) is 7.05 Å². The molecular formula is C13H20N2O2. The van der Waals surface area contributed by atoms with Crippen LogP contribution < -0.4 is 15.8 Å². The van der Waals surface area contributed by atoms with E-state index in [1.807, 2.05) is 24.3 Å². The molecule has 0 radical (unpaired) electrons. The first kappa shape index (κ1) is 13.5. The summed E-state index contributed by atoms with van der Waals surface area (Å²) in [5.41, 5.74) is 6.67. The molecule has 0 aliphatic heterocycles. The van der Waals surface area contributed by atoms with Crippen molar-refractivity contribution >= 4 is 5.91 Å². The molecule has 1 aromatic carbocycles. The van der Waals surface area contributed by atoms with Gasteiger partial charge in [0, 0.05) is 13.5 Å². The Balaban J connectivity index is 2.31. The zero-order valence-electron chi connectivity index (χ0n) is 10.2. The van der Waals surface area contributed by atoms with Gasteiger partial charge in [0.1, 0.15) is 5.75 Å². The van der Waals surface area contributed by atoms with E-state index in [2.05, 4.69) is 5.32 Å². The summed E-state index contributed by atoms with van der Waals surface area (Å²) in [6, 6.07) is 7.90. The number of rotatable bonds is 7. The summed E-state index contributed by atoms with van der Waals surface area (Å²) in [6.45, 7) is 1.19. The summed E-state index contributed by atoms with van der Waals surface area (Å²) >= 11 is 0. The first-order valence-electron chi connectivity index (χ1n) is 5.88. The van der Waals surface area contributed by atoms with Crippen LogP contribution in [0.1, 0.15) is 18.4 Å². The van der Waals surface area contributed by atoms with Gasteiger partial charge >= 0.3 is 0 Å². The Morgan fingerprint density at radius 3 is 3.00 bits per heavy atom. The van der Waals surface area contributed by atoms with Crippen molar-refractivity contribution in [2.24, 2.45) is 5.73 Å². The van der Waals surface area contributed by atoms with Crippen LogP contribution in [0.15, 0.2) is 24.3 Å². The number of carbonyl (C=O) groups is 1. The fraction of sp³-hybridized carbons (Fsp3) is 0.462. The topological polar surface area (TPSA) is 64.3 Å². The van der Waals surface area contributed by atoms with Crippen LogP contribution in [0.5, 0.6) is 5.75 Å². The van der Waals surface area contributed by atoms with E-state index in [0.717, 1.165) is 18.6 Å². The predicted octanol–water partition coefficient (Wildman–Crippen LogP) is 1.09. The molecule has 4 nitrogen and oxygen atoms in total. The zero-order chi connectivity index (χ0) is 12.5. The zero-order valence-corrected chi connectivity index (χ0v) is 10.2. The van der Waals surface area contributed by atoms with Crippen molar-refractivity contribution in [3.8, 4) is 5.75 Å². The third-order valence-corrected chi connectivity index (χ3v) is 2.43. The molecular weight excluding hydrogens is 216 g/mol. The van der Waals surface area contributed by atoms with E-state index in [1.165, 1.54) is 5.56 Å². The largest absolute Gasteiger partial charge is 0.494 e. The molecule has 0 unspecified atom stereocenters. The van der Waals surface area contributed by atoms with E-state index in [9.17, 15) is 4.79 Å². The first-order valence-corrected chi connectivity index (χ1v) is 5.88. The first-order chi connectivity index (χ1) is 8.26. The fourth-order valence-electron chi connectivity index (χ4n) is 1.51. The second-order valence-corrected chi connectivity index (χ2v) is 3.81. The Bertz CT molecular complexity index is 353. The summed E-state index contributed by atoms with van der Waals surface area (Å²) in [4.78, 5) is 11.0. The highest BCUT2D eigenvalue weighted by atomic mass is 16.5. The van der Waals surface area contributed by atoms with Gasteiger partial charge in [0.15, 0.2) is 0 Å². The molecule has 0 saturated carbocycles. The summed E-state index contributed by atoms with van der Waals surface area (Å²) in [5.74, 6) is 0.887. The van der Waals surface area contributed by atoms with Crippen LogP contribution in [-0.2, 0) is 11.2 Å². The number of hydrogen-bond acceptors (Lipinski definition) is 3. The van der Waals surface area contributed by atoms with Crippen LogP contribution in [-0.4, -0.2) is 26.1 Å². The molecule has 0 bridgehead atoms. The normalized spacial score (nSPS) is 10.0. The molecule has 1 rings (SSSR count). The Labute approximate surface area is 102 Å². The molecule has 94 valence electrons. The third kappa shape index (κ3) is 5.36. The lowest BCUT2D eigenvalue weighted by atomic mass is 10.1. The molecule has 1 amide bonds. The highest BCUT2D eigenvalue weighted by molar-refractivity contribution is 5.75. The van der Waals surface area contributed by atoms with Gasteiger partial charge in [-0.25, -0.2) is 0 Å². The minimum atomic E-state index is 0.0467. The standard InChI is InChI=1S/C13H20N2O2/c1-15-13(16)6-3-9-17-12-5-2-4-11(10-12)7-8-14/h2,4-5,10H,3,6-9,14H2,1H3,(H,15,16). The number of nitrogens with two attached hydrogens (primary N) is 1. The molecule has 0 heterocycles. The van der Waals surface area contributed by atoms with Gasteiger partial charge in [-0.15, -0.1) is 0 Å². The van der Waals surface area contributed by atoms with Gasteiger partial charge in [-0.05, 0) is 37.1 Å². The molecule has 0 spiro atoms. The van der Waals surface area contributed by atoms with Gasteiger partial charge in [0.25, 0.3) is 0 Å². The molecule has 17 heavy (non-hydrogen) atoms. The third-order valence-electron chi connectivity index (χ3n) is 2.43. The van der Waals surface area contributed by atoms with Crippen LogP contribution in [0, 0.1) is 0 Å². The molecule has 1 aromatic rings. The van der Waals surface area contributed by atoms with E-state index in [-0.39, 0.29) is 5.91 Å². The predicted molar refractivity (Wildman–Crippen MR) is 68.0 cm³/mol. The monoisotopic (exact) mass is 236 g/mol. The number of benzene rings is 1. The average molecular weight is 236 g/mol. The highest BCUT2D eigenvalue weighted by Crippen LogP contribution is 2.13. The highest BCUT2D eigenvalue weighted by Gasteiger charge is 1.99.